The third-order valence-corrected chi connectivity index (χ3v) is 1.85. The summed E-state index contributed by atoms with van der Waals surface area (Å²) in [4.78, 5) is 4.03. The molecule has 0 aliphatic heterocycles. The van der Waals surface area contributed by atoms with Crippen molar-refractivity contribution in [2.75, 3.05) is 0 Å². The van der Waals surface area contributed by atoms with Gasteiger partial charge in [0, 0.05) is 0 Å². The van der Waals surface area contributed by atoms with Gasteiger partial charge < -0.3 is 9.63 Å². The van der Waals surface area contributed by atoms with E-state index in [0.717, 1.165) is 0 Å². The molecule has 2 heterocycles. The molecule has 0 saturated heterocycles. The van der Waals surface area contributed by atoms with E-state index in [1.165, 1.54) is 4.68 Å². The van der Waals surface area contributed by atoms with Gasteiger partial charge in [-0.1, -0.05) is 10.4 Å². The molecule has 80 valence electrons. The van der Waals surface area contributed by atoms with E-state index >= 15 is 0 Å². The van der Waals surface area contributed by atoms with Crippen LogP contribution in [0.5, 0.6) is 0 Å². The SMILES string of the molecule is Cc1noc(Cn2cc(C(C)O)nn2)n1. The van der Waals surface area contributed by atoms with Gasteiger partial charge in [-0.3, -0.25) is 0 Å². The van der Waals surface area contributed by atoms with E-state index in [0.29, 0.717) is 24.0 Å². The largest absolute Gasteiger partial charge is 0.387 e. The molecule has 1 atom stereocenters. The molecule has 0 spiro atoms. The van der Waals surface area contributed by atoms with Crippen LogP contribution in [0.4, 0.5) is 0 Å². The second-order valence-corrected chi connectivity index (χ2v) is 3.25. The molecule has 0 amide bonds. The Balaban J connectivity index is 2.11. The van der Waals surface area contributed by atoms with E-state index in [9.17, 15) is 5.11 Å². The molecule has 0 aliphatic rings. The normalized spacial score (nSPS) is 13.0. The summed E-state index contributed by atoms with van der Waals surface area (Å²) in [5, 5.41) is 20.5. The van der Waals surface area contributed by atoms with E-state index in [2.05, 4.69) is 20.5 Å². The maximum absolute atomic E-state index is 9.24. The Kier molecular flexibility index (Phi) is 2.46. The van der Waals surface area contributed by atoms with Gasteiger partial charge in [-0.2, -0.15) is 4.98 Å². The molecule has 2 rings (SSSR count). The first kappa shape index (κ1) is 9.78. The van der Waals surface area contributed by atoms with Crippen molar-refractivity contribution in [3.05, 3.63) is 23.6 Å². The second-order valence-electron chi connectivity index (χ2n) is 3.25. The summed E-state index contributed by atoms with van der Waals surface area (Å²) in [6, 6.07) is 0. The predicted octanol–water partition coefficient (Wildman–Crippen LogP) is 0.0711. The molecule has 0 bridgehead atoms. The summed E-state index contributed by atoms with van der Waals surface area (Å²) < 4.78 is 6.46. The van der Waals surface area contributed by atoms with Gasteiger partial charge in [-0.25, -0.2) is 4.68 Å². The molecule has 0 aliphatic carbocycles. The minimum absolute atomic E-state index is 0.362. The van der Waals surface area contributed by atoms with Crippen LogP contribution in [0.3, 0.4) is 0 Å². The smallest absolute Gasteiger partial charge is 0.248 e. The van der Waals surface area contributed by atoms with Crippen molar-refractivity contribution in [3.8, 4) is 0 Å². The second kappa shape index (κ2) is 3.77. The lowest BCUT2D eigenvalue weighted by atomic mass is 10.3. The number of aryl methyl sites for hydroxylation is 1. The van der Waals surface area contributed by atoms with Crippen LogP contribution in [-0.2, 0) is 6.54 Å². The molecule has 0 radical (unpaired) electrons. The molecule has 0 aromatic carbocycles. The quantitative estimate of drug-likeness (QED) is 0.769. The highest BCUT2D eigenvalue weighted by Crippen LogP contribution is 2.07. The summed E-state index contributed by atoms with van der Waals surface area (Å²) in [7, 11) is 0. The minimum atomic E-state index is -0.622. The summed E-state index contributed by atoms with van der Waals surface area (Å²) in [5.41, 5.74) is 0.520. The van der Waals surface area contributed by atoms with Gasteiger partial charge in [0.25, 0.3) is 0 Å². The number of aliphatic hydroxyl groups excluding tert-OH is 1. The highest BCUT2D eigenvalue weighted by molar-refractivity contribution is 4.96. The van der Waals surface area contributed by atoms with E-state index in [4.69, 9.17) is 4.52 Å². The highest BCUT2D eigenvalue weighted by Gasteiger charge is 2.09. The fourth-order valence-electron chi connectivity index (χ4n) is 1.12. The van der Waals surface area contributed by atoms with Crippen molar-refractivity contribution in [2.24, 2.45) is 0 Å². The molecule has 1 unspecified atom stereocenters. The fraction of sp³-hybridized carbons (Fsp3) is 0.500. The van der Waals surface area contributed by atoms with Gasteiger partial charge in [-0.05, 0) is 13.8 Å². The van der Waals surface area contributed by atoms with Crippen LogP contribution in [0.1, 0.15) is 30.4 Å². The standard InChI is InChI=1S/C8H11N5O2/c1-5(14)7-3-13(12-10-7)4-8-9-6(2)11-15-8/h3,5,14H,4H2,1-2H3. The Morgan fingerprint density at radius 1 is 1.60 bits per heavy atom. The third-order valence-electron chi connectivity index (χ3n) is 1.85. The molecule has 2 aromatic rings. The lowest BCUT2D eigenvalue weighted by Gasteiger charge is -1.95. The summed E-state index contributed by atoms with van der Waals surface area (Å²) in [6.45, 7) is 3.74. The van der Waals surface area contributed by atoms with E-state index in [-0.39, 0.29) is 0 Å². The van der Waals surface area contributed by atoms with Gasteiger partial charge in [-0.15, -0.1) is 5.10 Å². The maximum Gasteiger partial charge on any atom is 0.248 e. The fourth-order valence-corrected chi connectivity index (χ4v) is 1.12. The van der Waals surface area contributed by atoms with Crippen LogP contribution in [0.15, 0.2) is 10.7 Å². The van der Waals surface area contributed by atoms with Gasteiger partial charge in [0.1, 0.15) is 12.2 Å². The van der Waals surface area contributed by atoms with Crippen molar-refractivity contribution < 1.29 is 9.63 Å². The first-order valence-corrected chi connectivity index (χ1v) is 4.52. The monoisotopic (exact) mass is 209 g/mol. The maximum atomic E-state index is 9.24. The Bertz CT molecular complexity index is 447. The van der Waals surface area contributed by atoms with Crippen molar-refractivity contribution >= 4 is 0 Å². The van der Waals surface area contributed by atoms with E-state index in [1.807, 2.05) is 0 Å². The number of nitrogens with zero attached hydrogens (tertiary/aromatic N) is 5. The minimum Gasteiger partial charge on any atom is -0.387 e. The number of hydrogen-bond donors (Lipinski definition) is 1. The van der Waals surface area contributed by atoms with Crippen LogP contribution in [0.25, 0.3) is 0 Å². The molecule has 2 aromatic heterocycles. The Labute approximate surface area is 85.7 Å². The van der Waals surface area contributed by atoms with Crippen LogP contribution in [0, 0.1) is 6.92 Å². The average Bonchev–Trinajstić information content (AvgIpc) is 2.76. The molecule has 7 nitrogen and oxygen atoms in total. The van der Waals surface area contributed by atoms with Gasteiger partial charge in [0.05, 0.1) is 12.3 Å². The van der Waals surface area contributed by atoms with Gasteiger partial charge in [0.2, 0.25) is 5.89 Å². The lowest BCUT2D eigenvalue weighted by molar-refractivity contribution is 0.194. The van der Waals surface area contributed by atoms with Gasteiger partial charge in [0.15, 0.2) is 5.82 Å². The van der Waals surface area contributed by atoms with Crippen molar-refractivity contribution in [1.82, 2.24) is 25.1 Å². The molecule has 1 N–H and O–H groups in total. The van der Waals surface area contributed by atoms with Crippen LogP contribution < -0.4 is 0 Å². The lowest BCUT2D eigenvalue weighted by Crippen LogP contribution is -2.00. The van der Waals surface area contributed by atoms with E-state index in [1.54, 1.807) is 20.0 Å². The number of aliphatic hydroxyl groups is 1. The van der Waals surface area contributed by atoms with Crippen LogP contribution >= 0.6 is 0 Å². The number of aromatic nitrogens is 5. The Morgan fingerprint density at radius 2 is 2.40 bits per heavy atom. The van der Waals surface area contributed by atoms with Crippen LogP contribution in [-0.4, -0.2) is 30.2 Å². The Hall–Kier alpha value is -1.76. The van der Waals surface area contributed by atoms with Crippen molar-refractivity contribution in [2.45, 2.75) is 26.5 Å². The summed E-state index contributed by atoms with van der Waals surface area (Å²) in [5.74, 6) is 1.05. The molecular weight excluding hydrogens is 198 g/mol. The topological polar surface area (TPSA) is 89.9 Å². The first-order valence-electron chi connectivity index (χ1n) is 4.52. The van der Waals surface area contributed by atoms with Crippen LogP contribution in [0.2, 0.25) is 0 Å². The van der Waals surface area contributed by atoms with Crippen molar-refractivity contribution in [3.63, 3.8) is 0 Å². The number of rotatable bonds is 3. The molecule has 0 saturated carbocycles. The third kappa shape index (κ3) is 2.18. The van der Waals surface area contributed by atoms with Gasteiger partial charge >= 0.3 is 0 Å². The zero-order chi connectivity index (χ0) is 10.8. The zero-order valence-electron chi connectivity index (χ0n) is 8.45. The molecule has 7 heteroatoms. The molecule has 15 heavy (non-hydrogen) atoms. The summed E-state index contributed by atoms with van der Waals surface area (Å²) >= 11 is 0. The van der Waals surface area contributed by atoms with E-state index < -0.39 is 6.10 Å². The highest BCUT2D eigenvalue weighted by atomic mass is 16.5. The number of hydrogen-bond acceptors (Lipinski definition) is 6. The first-order chi connectivity index (χ1) is 7.15. The van der Waals surface area contributed by atoms with Crippen molar-refractivity contribution in [1.29, 1.82) is 0 Å². The molecule has 0 fully saturated rings. The predicted molar refractivity (Wildman–Crippen MR) is 48.8 cm³/mol. The average molecular weight is 209 g/mol. The zero-order valence-corrected chi connectivity index (χ0v) is 8.45. The summed E-state index contributed by atoms with van der Waals surface area (Å²) in [6.07, 6.45) is 1.02. The Morgan fingerprint density at radius 3 is 2.93 bits per heavy atom. The molecular formula is C8H11N5O2.